The van der Waals surface area contributed by atoms with Crippen molar-refractivity contribution in [2.75, 3.05) is 14.2 Å². The molecule has 0 aliphatic heterocycles. The van der Waals surface area contributed by atoms with Gasteiger partial charge < -0.3 is 14.9 Å². The Morgan fingerprint density at radius 2 is 1.58 bits per heavy atom. The van der Waals surface area contributed by atoms with Gasteiger partial charge in [-0.3, -0.25) is 0 Å². The van der Waals surface area contributed by atoms with Gasteiger partial charge in [0.2, 0.25) is 0 Å². The number of esters is 1. The molecule has 0 atom stereocenters. The molecule has 4 nitrogen and oxygen atoms in total. The van der Waals surface area contributed by atoms with E-state index < -0.39 is 0 Å². The highest BCUT2D eigenvalue weighted by Crippen LogP contribution is 2.24. The van der Waals surface area contributed by atoms with Crippen molar-refractivity contribution in [1.29, 1.82) is 0 Å². The molecule has 0 bridgehead atoms. The number of ether oxygens (including phenoxy) is 1. The maximum Gasteiger partial charge on any atom is 0.333 e. The van der Waals surface area contributed by atoms with Crippen LogP contribution in [0, 0.1) is 0 Å². The van der Waals surface area contributed by atoms with Gasteiger partial charge >= 0.3 is 5.97 Å². The van der Waals surface area contributed by atoms with E-state index >= 15 is 0 Å². The highest BCUT2D eigenvalue weighted by atomic mass is 16.5. The molecule has 0 spiro atoms. The SMILES string of the molecule is C=C(C)C(=O)OC1Cc2ccccc2C1.CO.CO. The highest BCUT2D eigenvalue weighted by molar-refractivity contribution is 5.87. The van der Waals surface area contributed by atoms with Crippen molar-refractivity contribution in [2.24, 2.45) is 0 Å². The number of hydrogen-bond acceptors (Lipinski definition) is 4. The first-order chi connectivity index (χ1) is 9.16. The van der Waals surface area contributed by atoms with Crippen molar-refractivity contribution < 1.29 is 19.7 Å². The summed E-state index contributed by atoms with van der Waals surface area (Å²) in [5, 5.41) is 14.0. The largest absolute Gasteiger partial charge is 0.458 e. The molecule has 1 aromatic rings. The summed E-state index contributed by atoms with van der Waals surface area (Å²) in [4.78, 5) is 11.3. The van der Waals surface area contributed by atoms with Gasteiger partial charge in [0.1, 0.15) is 6.10 Å². The van der Waals surface area contributed by atoms with Crippen LogP contribution < -0.4 is 0 Å². The molecular formula is C15H22O4. The third-order valence-corrected chi connectivity index (χ3v) is 2.64. The molecule has 2 rings (SSSR count). The van der Waals surface area contributed by atoms with Gasteiger partial charge in [-0.25, -0.2) is 4.79 Å². The monoisotopic (exact) mass is 266 g/mol. The molecule has 0 heterocycles. The zero-order chi connectivity index (χ0) is 14.8. The average molecular weight is 266 g/mol. The summed E-state index contributed by atoms with van der Waals surface area (Å²) in [7, 11) is 2.00. The lowest BCUT2D eigenvalue weighted by Gasteiger charge is -2.10. The summed E-state index contributed by atoms with van der Waals surface area (Å²) in [5.41, 5.74) is 3.04. The molecule has 1 aliphatic carbocycles. The van der Waals surface area contributed by atoms with Gasteiger partial charge in [0, 0.05) is 32.6 Å². The lowest BCUT2D eigenvalue weighted by Crippen LogP contribution is -2.18. The lowest BCUT2D eigenvalue weighted by molar-refractivity contribution is -0.143. The minimum Gasteiger partial charge on any atom is -0.458 e. The number of rotatable bonds is 2. The molecule has 0 fully saturated rings. The van der Waals surface area contributed by atoms with E-state index in [0.717, 1.165) is 27.1 Å². The first kappa shape index (κ1) is 17.4. The summed E-state index contributed by atoms with van der Waals surface area (Å²) in [6.45, 7) is 5.24. The topological polar surface area (TPSA) is 66.8 Å². The highest BCUT2D eigenvalue weighted by Gasteiger charge is 2.24. The van der Waals surface area contributed by atoms with E-state index in [1.54, 1.807) is 6.92 Å². The van der Waals surface area contributed by atoms with Crippen LogP contribution in [-0.2, 0) is 22.4 Å². The molecule has 4 heteroatoms. The normalized spacial score (nSPS) is 12.3. The second kappa shape index (κ2) is 9.30. The average Bonchev–Trinajstić information content (AvgIpc) is 2.85. The van der Waals surface area contributed by atoms with Crippen molar-refractivity contribution in [3.63, 3.8) is 0 Å². The predicted molar refractivity (Wildman–Crippen MR) is 74.8 cm³/mol. The lowest BCUT2D eigenvalue weighted by atomic mass is 10.1. The molecule has 1 aromatic carbocycles. The van der Waals surface area contributed by atoms with Crippen molar-refractivity contribution in [3.05, 3.63) is 47.5 Å². The minimum atomic E-state index is -0.284. The van der Waals surface area contributed by atoms with Gasteiger partial charge in [-0.1, -0.05) is 30.8 Å². The van der Waals surface area contributed by atoms with Crippen LogP contribution in [0.25, 0.3) is 0 Å². The Kier molecular flexibility index (Phi) is 8.49. The zero-order valence-electron chi connectivity index (χ0n) is 11.7. The molecule has 0 saturated carbocycles. The van der Waals surface area contributed by atoms with Gasteiger partial charge in [0.15, 0.2) is 0 Å². The van der Waals surface area contributed by atoms with E-state index in [0.29, 0.717) is 5.57 Å². The first-order valence-electron chi connectivity index (χ1n) is 5.99. The number of hydrogen-bond donors (Lipinski definition) is 2. The summed E-state index contributed by atoms with van der Waals surface area (Å²) in [6.07, 6.45) is 1.65. The molecule has 1 aliphatic rings. The Morgan fingerprint density at radius 1 is 1.16 bits per heavy atom. The molecule has 2 N–H and O–H groups in total. The second-order valence-corrected chi connectivity index (χ2v) is 3.98. The Labute approximate surface area is 114 Å². The molecule has 0 unspecified atom stereocenters. The summed E-state index contributed by atoms with van der Waals surface area (Å²) < 4.78 is 5.32. The number of aliphatic hydroxyl groups is 2. The van der Waals surface area contributed by atoms with Crippen LogP contribution in [0.2, 0.25) is 0 Å². The molecule has 19 heavy (non-hydrogen) atoms. The van der Waals surface area contributed by atoms with Gasteiger partial charge in [-0.05, 0) is 18.1 Å². The van der Waals surface area contributed by atoms with Crippen molar-refractivity contribution in [2.45, 2.75) is 25.9 Å². The first-order valence-corrected chi connectivity index (χ1v) is 5.99. The molecule has 0 radical (unpaired) electrons. The Bertz CT molecular complexity index is 387. The quantitative estimate of drug-likeness (QED) is 0.628. The van der Waals surface area contributed by atoms with E-state index in [4.69, 9.17) is 14.9 Å². The molecule has 0 saturated heterocycles. The summed E-state index contributed by atoms with van der Waals surface area (Å²) in [5.74, 6) is -0.284. The summed E-state index contributed by atoms with van der Waals surface area (Å²) in [6, 6.07) is 8.21. The van der Waals surface area contributed by atoms with Gasteiger partial charge in [0.25, 0.3) is 0 Å². The fourth-order valence-corrected chi connectivity index (χ4v) is 1.85. The fourth-order valence-electron chi connectivity index (χ4n) is 1.85. The van der Waals surface area contributed by atoms with Crippen molar-refractivity contribution in [1.82, 2.24) is 0 Å². The van der Waals surface area contributed by atoms with E-state index in [1.165, 1.54) is 11.1 Å². The van der Waals surface area contributed by atoms with E-state index in [2.05, 4.69) is 18.7 Å². The molecule has 106 valence electrons. The Morgan fingerprint density at radius 3 is 1.95 bits per heavy atom. The zero-order valence-corrected chi connectivity index (χ0v) is 11.7. The second-order valence-electron chi connectivity index (χ2n) is 3.98. The number of aliphatic hydroxyl groups excluding tert-OH is 2. The van der Waals surface area contributed by atoms with Crippen LogP contribution in [0.15, 0.2) is 36.4 Å². The molecular weight excluding hydrogens is 244 g/mol. The maximum absolute atomic E-state index is 11.3. The van der Waals surface area contributed by atoms with E-state index in [-0.39, 0.29) is 12.1 Å². The van der Waals surface area contributed by atoms with Crippen LogP contribution in [0.5, 0.6) is 0 Å². The maximum atomic E-state index is 11.3. The Hall–Kier alpha value is -1.65. The number of fused-ring (bicyclic) bond motifs is 1. The van der Waals surface area contributed by atoms with Crippen molar-refractivity contribution >= 4 is 5.97 Å². The van der Waals surface area contributed by atoms with Crippen LogP contribution in [0.4, 0.5) is 0 Å². The van der Waals surface area contributed by atoms with Gasteiger partial charge in [0.05, 0.1) is 0 Å². The van der Waals surface area contributed by atoms with Crippen molar-refractivity contribution in [3.8, 4) is 0 Å². The number of carbonyl (C=O) groups is 1. The third kappa shape index (κ3) is 5.24. The summed E-state index contributed by atoms with van der Waals surface area (Å²) >= 11 is 0. The Balaban J connectivity index is 0.000000741. The standard InChI is InChI=1S/C13H14O2.2CH4O/c1-9(2)13(14)15-12-7-10-5-3-4-6-11(10)8-12;2*1-2/h3-6,12H,1,7-8H2,2H3;2*2H,1H3. The van der Waals surface area contributed by atoms with Crippen LogP contribution in [0.3, 0.4) is 0 Å². The van der Waals surface area contributed by atoms with Crippen LogP contribution >= 0.6 is 0 Å². The number of benzene rings is 1. The van der Waals surface area contributed by atoms with Crippen LogP contribution in [-0.4, -0.2) is 36.5 Å². The number of carbonyl (C=O) groups excluding carboxylic acids is 1. The minimum absolute atomic E-state index is 0.00778. The van der Waals surface area contributed by atoms with E-state index in [1.807, 2.05) is 12.1 Å². The fraction of sp³-hybridized carbons (Fsp3) is 0.400. The smallest absolute Gasteiger partial charge is 0.333 e. The van der Waals surface area contributed by atoms with Crippen LogP contribution in [0.1, 0.15) is 18.1 Å². The van der Waals surface area contributed by atoms with Gasteiger partial charge in [-0.2, -0.15) is 0 Å². The molecule has 0 amide bonds. The predicted octanol–water partition coefficient (Wildman–Crippen LogP) is 1.49. The molecule has 0 aromatic heterocycles. The van der Waals surface area contributed by atoms with Gasteiger partial charge in [-0.15, -0.1) is 0 Å². The third-order valence-electron chi connectivity index (χ3n) is 2.64. The van der Waals surface area contributed by atoms with E-state index in [9.17, 15) is 4.79 Å².